The fraction of sp³-hybridized carbons (Fsp3) is 0.519. The highest BCUT2D eigenvalue weighted by atomic mass is 32.2. The maximum absolute atomic E-state index is 13.3. The molecule has 0 saturated carbocycles. The number of hydrogen-bond donors (Lipinski definition) is 2. The number of carbonyl (C=O) groups is 1. The van der Waals surface area contributed by atoms with E-state index in [0.717, 1.165) is 36.8 Å². The summed E-state index contributed by atoms with van der Waals surface area (Å²) in [5.74, 6) is 0.937. The van der Waals surface area contributed by atoms with Gasteiger partial charge in [-0.3, -0.25) is 4.79 Å². The summed E-state index contributed by atoms with van der Waals surface area (Å²) in [6, 6.07) is 11.0. The molecule has 8 heteroatoms. The van der Waals surface area contributed by atoms with Gasteiger partial charge >= 0.3 is 0 Å². The van der Waals surface area contributed by atoms with Crippen LogP contribution in [-0.2, 0) is 26.0 Å². The fourth-order valence-electron chi connectivity index (χ4n) is 4.26. The van der Waals surface area contributed by atoms with Gasteiger partial charge in [0.05, 0.1) is 20.0 Å². The second kappa shape index (κ2) is 12.4. The average Bonchev–Trinajstić information content (AvgIpc) is 2.76. The number of ether oxygens (including phenoxy) is 2. The quantitative estimate of drug-likeness (QED) is 0.372. The first-order valence-electron chi connectivity index (χ1n) is 12.0. The summed E-state index contributed by atoms with van der Waals surface area (Å²) < 4.78 is 34.2. The Morgan fingerprint density at radius 3 is 2.34 bits per heavy atom. The van der Waals surface area contributed by atoms with Crippen LogP contribution in [-0.4, -0.2) is 28.5 Å². The summed E-state index contributed by atoms with van der Waals surface area (Å²) in [5, 5.41) is 8.30. The number of nitrogens with two attached hydrogens (primary N) is 1. The van der Waals surface area contributed by atoms with Crippen molar-refractivity contribution in [1.29, 1.82) is 0 Å². The summed E-state index contributed by atoms with van der Waals surface area (Å²) in [7, 11) is -0.461. The van der Waals surface area contributed by atoms with Gasteiger partial charge in [0.15, 0.2) is 0 Å². The number of carbonyl (C=O) groups excluding carboxylic acids is 1. The van der Waals surface area contributed by atoms with Crippen molar-refractivity contribution < 1.29 is 22.7 Å². The van der Waals surface area contributed by atoms with Crippen LogP contribution >= 0.6 is 0 Å². The van der Waals surface area contributed by atoms with Gasteiger partial charge in [-0.05, 0) is 46.6 Å². The van der Waals surface area contributed by atoms with Crippen molar-refractivity contribution in [3.63, 3.8) is 0 Å². The third kappa shape index (κ3) is 8.85. The van der Waals surface area contributed by atoms with Gasteiger partial charge in [0.2, 0.25) is 15.9 Å². The number of amides is 1. The molecule has 7 nitrogen and oxygen atoms in total. The number of unbranched alkanes of at least 4 members (excludes halogenated alkanes) is 2. The van der Waals surface area contributed by atoms with E-state index < -0.39 is 10.0 Å². The molecule has 194 valence electrons. The van der Waals surface area contributed by atoms with Crippen molar-refractivity contribution in [2.45, 2.75) is 76.9 Å². The molecule has 0 aliphatic carbocycles. The van der Waals surface area contributed by atoms with Gasteiger partial charge in [0, 0.05) is 18.2 Å². The van der Waals surface area contributed by atoms with Crippen LogP contribution < -0.4 is 19.9 Å². The molecule has 0 aliphatic heterocycles. The van der Waals surface area contributed by atoms with Crippen LogP contribution in [0.4, 0.5) is 5.69 Å². The predicted octanol–water partition coefficient (Wildman–Crippen LogP) is 5.48. The molecule has 2 rings (SSSR count). The molecular weight excluding hydrogens is 464 g/mol. The number of benzene rings is 2. The van der Waals surface area contributed by atoms with Crippen molar-refractivity contribution in [3.8, 4) is 11.5 Å². The van der Waals surface area contributed by atoms with Crippen LogP contribution in [0.3, 0.4) is 0 Å². The van der Waals surface area contributed by atoms with Crippen LogP contribution in [0.25, 0.3) is 0 Å². The van der Waals surface area contributed by atoms with Gasteiger partial charge in [-0.15, -0.1) is 0 Å². The van der Waals surface area contributed by atoms with Crippen LogP contribution in [0.1, 0.15) is 82.4 Å². The molecule has 1 atom stereocenters. The van der Waals surface area contributed by atoms with E-state index in [1.807, 2.05) is 45.0 Å². The van der Waals surface area contributed by atoms with Crippen LogP contribution in [0.2, 0.25) is 0 Å². The number of methoxy groups -OCH3 is 2. The lowest BCUT2D eigenvalue weighted by molar-refractivity contribution is -0.116. The Hall–Kier alpha value is -2.58. The van der Waals surface area contributed by atoms with Gasteiger partial charge < -0.3 is 14.8 Å². The maximum Gasteiger partial charge on any atom is 0.224 e. The zero-order chi connectivity index (χ0) is 26.2. The van der Waals surface area contributed by atoms with Gasteiger partial charge in [-0.25, -0.2) is 13.6 Å². The Morgan fingerprint density at radius 2 is 1.77 bits per heavy atom. The molecule has 2 aromatic rings. The highest BCUT2D eigenvalue weighted by Crippen LogP contribution is 2.36. The van der Waals surface area contributed by atoms with E-state index in [1.165, 1.54) is 0 Å². The van der Waals surface area contributed by atoms with E-state index in [9.17, 15) is 13.2 Å². The first kappa shape index (κ1) is 28.7. The molecule has 35 heavy (non-hydrogen) atoms. The lowest BCUT2D eigenvalue weighted by Crippen LogP contribution is -2.21. The molecule has 0 heterocycles. The first-order chi connectivity index (χ1) is 16.4. The summed E-state index contributed by atoms with van der Waals surface area (Å²) in [6.45, 7) is 8.30. The second-order valence-electron chi connectivity index (χ2n) is 9.99. The molecule has 2 aromatic carbocycles. The van der Waals surface area contributed by atoms with Crippen molar-refractivity contribution in [2.75, 3.05) is 19.5 Å². The molecule has 0 aromatic heterocycles. The standard InChI is InChI=1S/C27H40N2O5S/c1-7-8-9-10-20(22-13-12-21(33-5)17-25(22)34-6)16-26(30)29-24-15-19(18-35(28,31)32)11-14-23(24)27(2,3)4/h11-15,17,20H,7-10,16,18H2,1-6H3,(H,29,30)(H2,28,31,32). The normalized spacial score (nSPS) is 12.8. The van der Waals surface area contributed by atoms with Gasteiger partial charge in [0.25, 0.3) is 0 Å². The zero-order valence-electron chi connectivity index (χ0n) is 21.8. The molecule has 0 spiro atoms. The lowest BCUT2D eigenvalue weighted by atomic mass is 9.85. The van der Waals surface area contributed by atoms with E-state index in [4.69, 9.17) is 14.6 Å². The number of nitrogens with one attached hydrogen (secondary N) is 1. The van der Waals surface area contributed by atoms with Gasteiger partial charge in [-0.2, -0.15) is 0 Å². The summed E-state index contributed by atoms with van der Waals surface area (Å²) >= 11 is 0. The highest BCUT2D eigenvalue weighted by molar-refractivity contribution is 7.88. The van der Waals surface area contributed by atoms with Crippen LogP contribution in [0.5, 0.6) is 11.5 Å². The topological polar surface area (TPSA) is 108 Å². The van der Waals surface area contributed by atoms with E-state index in [-0.39, 0.29) is 29.4 Å². The lowest BCUT2D eigenvalue weighted by Gasteiger charge is -2.25. The second-order valence-corrected chi connectivity index (χ2v) is 11.6. The molecule has 1 amide bonds. The molecule has 0 saturated heterocycles. The minimum Gasteiger partial charge on any atom is -0.497 e. The largest absolute Gasteiger partial charge is 0.497 e. The summed E-state index contributed by atoms with van der Waals surface area (Å²) in [5.41, 5.74) is 2.79. The minimum atomic E-state index is -3.69. The molecule has 0 bridgehead atoms. The Morgan fingerprint density at radius 1 is 1.06 bits per heavy atom. The molecule has 3 N–H and O–H groups in total. The number of hydrogen-bond acceptors (Lipinski definition) is 5. The number of primary sulfonamides is 1. The average molecular weight is 505 g/mol. The SMILES string of the molecule is CCCCCC(CC(=O)Nc1cc(CS(N)(=O)=O)ccc1C(C)(C)C)c1ccc(OC)cc1OC. The van der Waals surface area contributed by atoms with Crippen LogP contribution in [0, 0.1) is 0 Å². The zero-order valence-corrected chi connectivity index (χ0v) is 22.6. The van der Waals surface area contributed by atoms with Crippen LogP contribution in [0.15, 0.2) is 36.4 Å². The van der Waals surface area contributed by atoms with E-state index in [0.29, 0.717) is 22.7 Å². The first-order valence-corrected chi connectivity index (χ1v) is 13.7. The van der Waals surface area contributed by atoms with E-state index in [1.54, 1.807) is 26.4 Å². The Balaban J connectivity index is 2.36. The van der Waals surface area contributed by atoms with E-state index in [2.05, 4.69) is 12.2 Å². The monoisotopic (exact) mass is 504 g/mol. The van der Waals surface area contributed by atoms with Gasteiger partial charge in [0.1, 0.15) is 11.5 Å². The number of rotatable bonds is 12. The molecular formula is C27H40N2O5S. The fourth-order valence-corrected chi connectivity index (χ4v) is 4.90. The minimum absolute atomic E-state index is 0.0342. The molecule has 0 fully saturated rings. The van der Waals surface area contributed by atoms with Crippen molar-refractivity contribution in [1.82, 2.24) is 0 Å². The smallest absolute Gasteiger partial charge is 0.224 e. The highest BCUT2D eigenvalue weighted by Gasteiger charge is 2.23. The summed E-state index contributed by atoms with van der Waals surface area (Å²) in [4.78, 5) is 13.3. The van der Waals surface area contributed by atoms with Crippen molar-refractivity contribution >= 4 is 21.6 Å². The molecule has 1 unspecified atom stereocenters. The van der Waals surface area contributed by atoms with E-state index >= 15 is 0 Å². The number of sulfonamides is 1. The number of anilines is 1. The predicted molar refractivity (Wildman–Crippen MR) is 142 cm³/mol. The Kier molecular flexibility index (Phi) is 10.2. The summed E-state index contributed by atoms with van der Waals surface area (Å²) in [6.07, 6.45) is 4.29. The maximum atomic E-state index is 13.3. The molecule has 0 aliphatic rings. The van der Waals surface area contributed by atoms with Crippen molar-refractivity contribution in [3.05, 3.63) is 53.1 Å². The Bertz CT molecular complexity index is 1110. The molecule has 0 radical (unpaired) electrons. The third-order valence-corrected chi connectivity index (χ3v) is 6.74. The van der Waals surface area contributed by atoms with Crippen molar-refractivity contribution in [2.24, 2.45) is 5.14 Å². The van der Waals surface area contributed by atoms with Gasteiger partial charge in [-0.1, -0.05) is 65.2 Å². The third-order valence-electron chi connectivity index (χ3n) is 6.00. The Labute approximate surface area is 210 Å².